The average Bonchev–Trinajstić information content (AvgIpc) is 2.59. The number of hydrogen-bond acceptors (Lipinski definition) is 7. The second-order valence-electron chi connectivity index (χ2n) is 6.46. The van der Waals surface area contributed by atoms with Crippen LogP contribution in [0.2, 0.25) is 0 Å². The van der Waals surface area contributed by atoms with Gasteiger partial charge in [0.1, 0.15) is 29.6 Å². The van der Waals surface area contributed by atoms with Crippen molar-refractivity contribution in [1.29, 1.82) is 0 Å². The standard InChI is InChI=1S/C17H23NO7/c1-8(19)18-12-14(21)17(22)11(9-4-6-10(23-2)7-5-9)13(20)15(17)25-16(12)24-3/h4-7,11-16,20-22H,1-3H3,(H,18,19). The monoisotopic (exact) mass is 353 g/mol. The molecule has 8 heteroatoms. The van der Waals surface area contributed by atoms with Gasteiger partial charge in [0.25, 0.3) is 0 Å². The second kappa shape index (κ2) is 6.54. The van der Waals surface area contributed by atoms with Crippen molar-refractivity contribution >= 4 is 5.91 Å². The molecule has 7 atom stereocenters. The summed E-state index contributed by atoms with van der Waals surface area (Å²) in [7, 11) is 2.90. The summed E-state index contributed by atoms with van der Waals surface area (Å²) >= 11 is 0. The first-order valence-corrected chi connectivity index (χ1v) is 8.02. The van der Waals surface area contributed by atoms with Gasteiger partial charge in [0.15, 0.2) is 6.29 Å². The van der Waals surface area contributed by atoms with Crippen LogP contribution in [0.1, 0.15) is 18.4 Å². The molecule has 2 fully saturated rings. The van der Waals surface area contributed by atoms with Crippen molar-refractivity contribution in [2.45, 2.75) is 49.1 Å². The molecule has 138 valence electrons. The fourth-order valence-electron chi connectivity index (χ4n) is 3.85. The third-order valence-corrected chi connectivity index (χ3v) is 5.07. The lowest BCUT2D eigenvalue weighted by atomic mass is 9.56. The highest BCUT2D eigenvalue weighted by atomic mass is 16.7. The summed E-state index contributed by atoms with van der Waals surface area (Å²) < 4.78 is 15.9. The number of carbonyl (C=O) groups is 1. The van der Waals surface area contributed by atoms with Crippen LogP contribution >= 0.6 is 0 Å². The van der Waals surface area contributed by atoms with Crippen molar-refractivity contribution in [3.05, 3.63) is 29.8 Å². The summed E-state index contributed by atoms with van der Waals surface area (Å²) in [5.41, 5.74) is -1.12. The lowest BCUT2D eigenvalue weighted by molar-refractivity contribution is -0.364. The van der Waals surface area contributed by atoms with E-state index in [9.17, 15) is 20.1 Å². The molecule has 1 aromatic rings. The van der Waals surface area contributed by atoms with E-state index in [1.54, 1.807) is 31.4 Å². The maximum Gasteiger partial charge on any atom is 0.217 e. The molecule has 1 saturated heterocycles. The molecular formula is C17H23NO7. The molecule has 4 N–H and O–H groups in total. The topological polar surface area (TPSA) is 117 Å². The third-order valence-electron chi connectivity index (χ3n) is 5.07. The fourth-order valence-corrected chi connectivity index (χ4v) is 3.85. The number of carbonyl (C=O) groups excluding carboxylic acids is 1. The van der Waals surface area contributed by atoms with Crippen LogP contribution in [-0.2, 0) is 14.3 Å². The van der Waals surface area contributed by atoms with Crippen molar-refractivity contribution < 1.29 is 34.3 Å². The van der Waals surface area contributed by atoms with Gasteiger partial charge >= 0.3 is 0 Å². The normalized spacial score (nSPS) is 39.9. The predicted octanol–water partition coefficient (Wildman–Crippen LogP) is -0.879. The van der Waals surface area contributed by atoms with Gasteiger partial charge in [-0.2, -0.15) is 0 Å². The van der Waals surface area contributed by atoms with Gasteiger partial charge in [0, 0.05) is 20.0 Å². The zero-order chi connectivity index (χ0) is 18.4. The van der Waals surface area contributed by atoms with Gasteiger partial charge in [-0.25, -0.2) is 0 Å². The highest BCUT2D eigenvalue weighted by Crippen LogP contribution is 2.53. The smallest absolute Gasteiger partial charge is 0.217 e. The van der Waals surface area contributed by atoms with Gasteiger partial charge < -0.3 is 34.8 Å². The van der Waals surface area contributed by atoms with Gasteiger partial charge in [0.05, 0.1) is 13.2 Å². The Hall–Kier alpha value is -1.71. The molecule has 1 saturated carbocycles. The summed E-state index contributed by atoms with van der Waals surface area (Å²) in [6, 6.07) is 5.88. The molecule has 8 nitrogen and oxygen atoms in total. The van der Waals surface area contributed by atoms with Crippen LogP contribution in [0.3, 0.4) is 0 Å². The van der Waals surface area contributed by atoms with E-state index in [1.807, 2.05) is 0 Å². The Balaban J connectivity index is 1.92. The van der Waals surface area contributed by atoms with Crippen LogP contribution in [0.25, 0.3) is 0 Å². The Kier molecular flexibility index (Phi) is 4.74. The van der Waals surface area contributed by atoms with Gasteiger partial charge in [-0.15, -0.1) is 0 Å². The van der Waals surface area contributed by atoms with E-state index in [1.165, 1.54) is 14.0 Å². The molecule has 25 heavy (non-hydrogen) atoms. The third kappa shape index (κ3) is 2.70. The van der Waals surface area contributed by atoms with Crippen molar-refractivity contribution in [1.82, 2.24) is 5.32 Å². The van der Waals surface area contributed by atoms with E-state index < -0.39 is 48.1 Å². The molecule has 1 amide bonds. The maximum absolute atomic E-state index is 11.4. The SMILES string of the molecule is COc1ccc(C2C(O)C3OC(OC)C(NC(C)=O)C(O)C32O)cc1. The summed E-state index contributed by atoms with van der Waals surface area (Å²) in [6.07, 6.45) is -4.40. The molecule has 0 aromatic heterocycles. The molecule has 2 aliphatic rings. The summed E-state index contributed by atoms with van der Waals surface area (Å²) in [4.78, 5) is 11.4. The number of ether oxygens (including phenoxy) is 3. The molecule has 1 aliphatic carbocycles. The predicted molar refractivity (Wildman–Crippen MR) is 86.0 cm³/mol. The minimum Gasteiger partial charge on any atom is -0.497 e. The molecule has 1 aliphatic heterocycles. The number of fused-ring (bicyclic) bond motifs is 1. The number of hydrogen-bond donors (Lipinski definition) is 4. The average molecular weight is 353 g/mol. The molecule has 0 spiro atoms. The summed E-state index contributed by atoms with van der Waals surface area (Å²) in [6.45, 7) is 1.30. The first-order chi connectivity index (χ1) is 11.8. The Morgan fingerprint density at radius 3 is 2.40 bits per heavy atom. The molecule has 1 heterocycles. The van der Waals surface area contributed by atoms with E-state index in [-0.39, 0.29) is 0 Å². The lowest BCUT2D eigenvalue weighted by Gasteiger charge is -2.62. The summed E-state index contributed by atoms with van der Waals surface area (Å²) in [5, 5.41) is 34.9. The van der Waals surface area contributed by atoms with Crippen molar-refractivity contribution in [2.75, 3.05) is 14.2 Å². The Morgan fingerprint density at radius 2 is 1.88 bits per heavy atom. The van der Waals surface area contributed by atoms with E-state index in [0.29, 0.717) is 11.3 Å². The number of amides is 1. The van der Waals surface area contributed by atoms with E-state index in [0.717, 1.165) is 0 Å². The first kappa shape index (κ1) is 18.1. The van der Waals surface area contributed by atoms with Crippen LogP contribution in [0.5, 0.6) is 5.75 Å². The van der Waals surface area contributed by atoms with Crippen LogP contribution in [-0.4, -0.2) is 71.7 Å². The lowest BCUT2D eigenvalue weighted by Crippen LogP contribution is -2.82. The first-order valence-electron chi connectivity index (χ1n) is 8.02. The molecule has 1 aromatic carbocycles. The number of rotatable bonds is 4. The van der Waals surface area contributed by atoms with Crippen LogP contribution in [0, 0.1) is 0 Å². The van der Waals surface area contributed by atoms with Crippen LogP contribution in [0.15, 0.2) is 24.3 Å². The van der Waals surface area contributed by atoms with Crippen molar-refractivity contribution in [2.24, 2.45) is 0 Å². The maximum atomic E-state index is 11.4. The van der Waals surface area contributed by atoms with Crippen LogP contribution in [0.4, 0.5) is 0 Å². The Bertz CT molecular complexity index is 636. The molecule has 0 bridgehead atoms. The number of aliphatic hydroxyl groups is 3. The van der Waals surface area contributed by atoms with E-state index in [4.69, 9.17) is 14.2 Å². The number of benzene rings is 1. The van der Waals surface area contributed by atoms with E-state index in [2.05, 4.69) is 5.32 Å². The van der Waals surface area contributed by atoms with Gasteiger partial charge in [0.2, 0.25) is 5.91 Å². The van der Waals surface area contributed by atoms with Gasteiger partial charge in [-0.05, 0) is 17.7 Å². The Labute approximate surface area is 145 Å². The fraction of sp³-hybridized carbons (Fsp3) is 0.588. The highest BCUT2D eigenvalue weighted by Gasteiger charge is 2.71. The van der Waals surface area contributed by atoms with Gasteiger partial charge in [-0.1, -0.05) is 12.1 Å². The Morgan fingerprint density at radius 1 is 1.24 bits per heavy atom. The number of nitrogens with one attached hydrogen (secondary N) is 1. The zero-order valence-corrected chi connectivity index (χ0v) is 14.2. The number of methoxy groups -OCH3 is 2. The number of aliphatic hydroxyl groups excluding tert-OH is 2. The molecule has 7 unspecified atom stereocenters. The molecule has 3 rings (SSSR count). The zero-order valence-electron chi connectivity index (χ0n) is 14.2. The highest BCUT2D eigenvalue weighted by molar-refractivity contribution is 5.73. The minimum absolute atomic E-state index is 0.391. The summed E-state index contributed by atoms with van der Waals surface area (Å²) in [5.74, 6) is -0.526. The van der Waals surface area contributed by atoms with Crippen molar-refractivity contribution in [3.8, 4) is 5.75 Å². The van der Waals surface area contributed by atoms with Gasteiger partial charge in [-0.3, -0.25) is 4.79 Å². The minimum atomic E-state index is -1.75. The molecule has 0 radical (unpaired) electrons. The largest absolute Gasteiger partial charge is 0.497 e. The van der Waals surface area contributed by atoms with Crippen LogP contribution < -0.4 is 10.1 Å². The van der Waals surface area contributed by atoms with Crippen molar-refractivity contribution in [3.63, 3.8) is 0 Å². The van der Waals surface area contributed by atoms with E-state index >= 15 is 0 Å². The quantitative estimate of drug-likeness (QED) is 0.555. The second-order valence-corrected chi connectivity index (χ2v) is 6.46. The molecular weight excluding hydrogens is 330 g/mol.